The summed E-state index contributed by atoms with van der Waals surface area (Å²) in [6.45, 7) is 4.03. The van der Waals surface area contributed by atoms with Crippen LogP contribution >= 0.6 is 0 Å². The number of nitrogens with one attached hydrogen (secondary N) is 1. The molecular weight excluding hydrogens is 204 g/mol. The van der Waals surface area contributed by atoms with E-state index < -0.39 is 0 Å². The maximum absolute atomic E-state index is 6.06. The van der Waals surface area contributed by atoms with E-state index in [0.29, 0.717) is 0 Å². The molecule has 0 heterocycles. The molecule has 0 saturated carbocycles. The molecule has 6 heteroatoms. The quantitative estimate of drug-likeness (QED) is 0.338. The summed E-state index contributed by atoms with van der Waals surface area (Å²) in [7, 11) is 0. The number of guanidine groups is 2. The van der Waals surface area contributed by atoms with Gasteiger partial charge in [0.15, 0.2) is 11.9 Å². The maximum Gasteiger partial charge on any atom is 0.191 e. The standard InChI is InChI=1S/C9H13N3.CH5N3/c1-6-4-3-5-8(7(6)2)12-9(10)11;2-1(3)4/h3-5H,1-2H3,(H4,10,11,12);(H5,2,3,4). The Morgan fingerprint density at radius 3 is 2.06 bits per heavy atom. The number of aliphatic imine (C=N–C) groups is 1. The second-order valence-electron chi connectivity index (χ2n) is 3.21. The zero-order valence-corrected chi connectivity index (χ0v) is 9.49. The Morgan fingerprint density at radius 2 is 1.62 bits per heavy atom. The van der Waals surface area contributed by atoms with Crippen molar-refractivity contribution in [3.05, 3.63) is 29.3 Å². The second-order valence-corrected chi connectivity index (χ2v) is 3.21. The Hall–Kier alpha value is -2.24. The predicted octanol–water partition coefficient (Wildman–Crippen LogP) is 0.0469. The van der Waals surface area contributed by atoms with Crippen LogP contribution in [0.15, 0.2) is 23.2 Å². The van der Waals surface area contributed by atoms with E-state index in [0.717, 1.165) is 11.3 Å². The van der Waals surface area contributed by atoms with Gasteiger partial charge in [-0.15, -0.1) is 0 Å². The van der Waals surface area contributed by atoms with Gasteiger partial charge in [-0.1, -0.05) is 12.1 Å². The molecule has 0 bridgehead atoms. The highest BCUT2D eigenvalue weighted by atomic mass is 15.0. The van der Waals surface area contributed by atoms with Crippen LogP contribution in [0.2, 0.25) is 0 Å². The van der Waals surface area contributed by atoms with Gasteiger partial charge in [0.2, 0.25) is 0 Å². The van der Waals surface area contributed by atoms with Crippen LogP contribution in [-0.4, -0.2) is 11.9 Å². The molecule has 0 saturated heterocycles. The highest BCUT2D eigenvalue weighted by molar-refractivity contribution is 5.79. The number of rotatable bonds is 1. The lowest BCUT2D eigenvalue weighted by molar-refractivity contribution is 1.30. The molecule has 1 aromatic carbocycles. The Kier molecular flexibility index (Phi) is 5.40. The van der Waals surface area contributed by atoms with Crippen molar-refractivity contribution < 1.29 is 0 Å². The SMILES string of the molecule is Cc1cccc(N=C(N)N)c1C.N=C(N)N. The normalized spacial score (nSPS) is 8.62. The van der Waals surface area contributed by atoms with E-state index in [4.69, 9.17) is 16.9 Å². The highest BCUT2D eigenvalue weighted by Gasteiger charge is 1.97. The maximum atomic E-state index is 6.06. The lowest BCUT2D eigenvalue weighted by atomic mass is 10.1. The Labute approximate surface area is 94.8 Å². The summed E-state index contributed by atoms with van der Waals surface area (Å²) < 4.78 is 0. The molecule has 0 amide bonds. The van der Waals surface area contributed by atoms with Gasteiger partial charge in [0, 0.05) is 0 Å². The monoisotopic (exact) mass is 222 g/mol. The fourth-order valence-corrected chi connectivity index (χ4v) is 0.996. The molecule has 0 spiro atoms. The molecule has 88 valence electrons. The zero-order valence-electron chi connectivity index (χ0n) is 9.49. The van der Waals surface area contributed by atoms with E-state index in [9.17, 15) is 0 Å². The zero-order chi connectivity index (χ0) is 12.7. The summed E-state index contributed by atoms with van der Waals surface area (Å²) in [6, 6.07) is 5.85. The van der Waals surface area contributed by atoms with Crippen molar-refractivity contribution in [2.45, 2.75) is 13.8 Å². The van der Waals surface area contributed by atoms with Gasteiger partial charge in [0.1, 0.15) is 0 Å². The van der Waals surface area contributed by atoms with Crippen LogP contribution < -0.4 is 22.9 Å². The van der Waals surface area contributed by atoms with Crippen molar-refractivity contribution in [3.63, 3.8) is 0 Å². The lowest BCUT2D eigenvalue weighted by Gasteiger charge is -2.02. The van der Waals surface area contributed by atoms with Crippen LogP contribution in [0.5, 0.6) is 0 Å². The minimum atomic E-state index is -0.333. The molecule has 6 nitrogen and oxygen atoms in total. The first-order valence-electron chi connectivity index (χ1n) is 4.60. The van der Waals surface area contributed by atoms with Crippen LogP contribution in [-0.2, 0) is 0 Å². The van der Waals surface area contributed by atoms with E-state index in [1.54, 1.807) is 0 Å². The van der Waals surface area contributed by atoms with Crippen LogP contribution in [0.4, 0.5) is 5.69 Å². The van der Waals surface area contributed by atoms with E-state index in [1.165, 1.54) is 5.56 Å². The highest BCUT2D eigenvalue weighted by Crippen LogP contribution is 2.20. The molecule has 0 aliphatic heterocycles. The van der Waals surface area contributed by atoms with Crippen LogP contribution in [0, 0.1) is 19.3 Å². The largest absolute Gasteiger partial charge is 0.370 e. The van der Waals surface area contributed by atoms with Gasteiger partial charge in [-0.25, -0.2) is 4.99 Å². The molecular formula is C10H18N6. The molecule has 0 atom stereocenters. The Balaban J connectivity index is 0.000000487. The number of nitrogens with zero attached hydrogens (tertiary/aromatic N) is 1. The fraction of sp³-hybridized carbons (Fsp3) is 0.200. The van der Waals surface area contributed by atoms with E-state index in [2.05, 4.69) is 16.5 Å². The molecule has 9 N–H and O–H groups in total. The third-order valence-electron chi connectivity index (χ3n) is 1.83. The lowest BCUT2D eigenvalue weighted by Crippen LogP contribution is -2.22. The van der Waals surface area contributed by atoms with Gasteiger partial charge < -0.3 is 22.9 Å². The van der Waals surface area contributed by atoms with Crippen molar-refractivity contribution in [2.24, 2.45) is 27.9 Å². The molecule has 0 aromatic heterocycles. The van der Waals surface area contributed by atoms with E-state index >= 15 is 0 Å². The van der Waals surface area contributed by atoms with Gasteiger partial charge >= 0.3 is 0 Å². The summed E-state index contributed by atoms with van der Waals surface area (Å²) >= 11 is 0. The van der Waals surface area contributed by atoms with Gasteiger partial charge in [0.05, 0.1) is 5.69 Å². The van der Waals surface area contributed by atoms with Crippen LogP contribution in [0.1, 0.15) is 11.1 Å². The summed E-state index contributed by atoms with van der Waals surface area (Å²) in [4.78, 5) is 3.99. The Morgan fingerprint density at radius 1 is 1.12 bits per heavy atom. The third kappa shape index (κ3) is 5.48. The average Bonchev–Trinajstić information content (AvgIpc) is 2.11. The molecule has 0 fully saturated rings. The number of benzene rings is 1. The van der Waals surface area contributed by atoms with Crippen molar-refractivity contribution in [1.29, 1.82) is 5.41 Å². The molecule has 1 aromatic rings. The van der Waals surface area contributed by atoms with Gasteiger partial charge in [-0.2, -0.15) is 0 Å². The molecule has 1 rings (SSSR count). The molecule has 0 unspecified atom stereocenters. The molecule has 0 radical (unpaired) electrons. The fourth-order valence-electron chi connectivity index (χ4n) is 0.996. The summed E-state index contributed by atoms with van der Waals surface area (Å²) in [5.74, 6) is -0.233. The summed E-state index contributed by atoms with van der Waals surface area (Å²) in [5.41, 5.74) is 22.6. The van der Waals surface area contributed by atoms with Crippen LogP contribution in [0.25, 0.3) is 0 Å². The van der Waals surface area contributed by atoms with Crippen LogP contribution in [0.3, 0.4) is 0 Å². The number of hydrogen-bond donors (Lipinski definition) is 5. The first kappa shape index (κ1) is 13.8. The minimum absolute atomic E-state index is 0.101. The predicted molar refractivity (Wildman–Crippen MR) is 67.5 cm³/mol. The molecule has 0 aliphatic carbocycles. The smallest absolute Gasteiger partial charge is 0.191 e. The number of hydrogen-bond acceptors (Lipinski definition) is 2. The van der Waals surface area contributed by atoms with Gasteiger partial charge in [-0.05, 0) is 31.0 Å². The third-order valence-corrected chi connectivity index (χ3v) is 1.83. The second kappa shape index (κ2) is 6.28. The van der Waals surface area contributed by atoms with Crippen molar-refractivity contribution in [3.8, 4) is 0 Å². The van der Waals surface area contributed by atoms with E-state index in [-0.39, 0.29) is 11.9 Å². The number of nitrogens with two attached hydrogens (primary N) is 4. The average molecular weight is 222 g/mol. The van der Waals surface area contributed by atoms with Crippen molar-refractivity contribution >= 4 is 17.6 Å². The van der Waals surface area contributed by atoms with Crippen molar-refractivity contribution in [2.75, 3.05) is 0 Å². The summed E-state index contributed by atoms with van der Waals surface area (Å²) in [6.07, 6.45) is 0. The topological polar surface area (TPSA) is 140 Å². The molecule has 0 aliphatic rings. The van der Waals surface area contributed by atoms with Gasteiger partial charge in [-0.3, -0.25) is 5.41 Å². The van der Waals surface area contributed by atoms with E-state index in [1.807, 2.05) is 32.0 Å². The van der Waals surface area contributed by atoms with Gasteiger partial charge in [0.25, 0.3) is 0 Å². The Bertz CT molecular complexity index is 388. The first-order chi connectivity index (χ1) is 7.34. The minimum Gasteiger partial charge on any atom is -0.370 e. The number of aryl methyl sites for hydroxylation is 1. The summed E-state index contributed by atoms with van der Waals surface area (Å²) in [5, 5.41) is 6.06. The van der Waals surface area contributed by atoms with Crippen molar-refractivity contribution in [1.82, 2.24) is 0 Å². The molecule has 16 heavy (non-hydrogen) atoms. The first-order valence-corrected chi connectivity index (χ1v) is 4.60.